The molecule has 0 saturated carbocycles. The number of phenols is 1. The number of ketones is 3. The van der Waals surface area contributed by atoms with Gasteiger partial charge in [-0.05, 0) is 55.4 Å². The Morgan fingerprint density at radius 2 is 1.27 bits per heavy atom. The normalized spacial score (nSPS) is 13.3. The molecule has 9 N–H and O–H groups in total. The van der Waals surface area contributed by atoms with Crippen molar-refractivity contribution in [3.8, 4) is 5.75 Å². The van der Waals surface area contributed by atoms with Crippen molar-refractivity contribution in [1.82, 2.24) is 21.4 Å². The molecule has 0 aliphatic heterocycles. The predicted octanol–water partition coefficient (Wildman–Crippen LogP) is 0.772. The maximum Gasteiger partial charge on any atom is 0.324 e. The van der Waals surface area contributed by atoms with E-state index in [4.69, 9.17) is 20.6 Å². The first-order chi connectivity index (χ1) is 29.6. The molecule has 2 aromatic carbocycles. The van der Waals surface area contributed by atoms with Gasteiger partial charge in [-0.3, -0.25) is 48.4 Å². The summed E-state index contributed by atoms with van der Waals surface area (Å²) in [5.41, 5.74) is 2.56. The van der Waals surface area contributed by atoms with E-state index in [1.54, 1.807) is 30.3 Å². The Balaban J connectivity index is 2.47. The summed E-state index contributed by atoms with van der Waals surface area (Å²) in [5.74, 6) is -4.93. The summed E-state index contributed by atoms with van der Waals surface area (Å²) in [7, 11) is 1.50. The molecule has 2 aromatic rings. The topological polar surface area (TPSA) is 316 Å². The zero-order valence-electron chi connectivity index (χ0n) is 34.8. The number of ether oxygens (including phenoxy) is 2. The molecule has 340 valence electrons. The summed E-state index contributed by atoms with van der Waals surface area (Å²) in [5, 5.41) is 35.9. The van der Waals surface area contributed by atoms with Crippen molar-refractivity contribution in [2.24, 2.45) is 17.7 Å². The van der Waals surface area contributed by atoms with E-state index in [2.05, 4.69) is 20.8 Å². The number of hydrogen-bond donors (Lipinski definition) is 8. The number of amides is 4. The van der Waals surface area contributed by atoms with E-state index in [0.717, 1.165) is 6.92 Å². The molecule has 20 nitrogen and oxygen atoms in total. The van der Waals surface area contributed by atoms with Gasteiger partial charge in [0.05, 0.1) is 37.8 Å². The van der Waals surface area contributed by atoms with Crippen LogP contribution in [-0.4, -0.2) is 113 Å². The van der Waals surface area contributed by atoms with Crippen molar-refractivity contribution in [3.05, 3.63) is 65.7 Å². The summed E-state index contributed by atoms with van der Waals surface area (Å²) >= 11 is 0. The highest BCUT2D eigenvalue weighted by atomic mass is 16.7. The number of carbonyl (C=O) groups excluding carboxylic acids is 8. The summed E-state index contributed by atoms with van der Waals surface area (Å²) < 4.78 is 10.3. The Morgan fingerprint density at radius 1 is 0.661 bits per heavy atom. The van der Waals surface area contributed by atoms with Gasteiger partial charge in [0.2, 0.25) is 23.6 Å². The Labute approximate surface area is 358 Å². The molecule has 0 radical (unpaired) electrons. The molecule has 62 heavy (non-hydrogen) atoms. The summed E-state index contributed by atoms with van der Waals surface area (Å²) in [4.78, 5) is 121. The van der Waals surface area contributed by atoms with Gasteiger partial charge in [0.25, 0.3) is 0 Å². The van der Waals surface area contributed by atoms with E-state index in [-0.39, 0.29) is 63.9 Å². The lowest BCUT2D eigenvalue weighted by atomic mass is 9.88. The number of methoxy groups -OCH3 is 1. The fraction of sp³-hybridized carbons (Fsp3) is 0.500. The molecule has 20 heteroatoms. The molecule has 2 rings (SSSR count). The number of carboxylic acid groups (broad SMARTS) is 1. The minimum Gasteiger partial charge on any atom is -0.508 e. The minimum atomic E-state index is -1.47. The van der Waals surface area contributed by atoms with E-state index in [1.165, 1.54) is 36.9 Å². The van der Waals surface area contributed by atoms with Crippen LogP contribution in [-0.2, 0) is 70.3 Å². The number of nitrogens with one attached hydrogen (secondary N) is 4. The number of Topliss-reactive ketones (excluding diaryl/α,β-unsaturated/α-hetero) is 3. The lowest BCUT2D eigenvalue weighted by Crippen LogP contribution is -2.49. The van der Waals surface area contributed by atoms with Gasteiger partial charge in [0, 0.05) is 64.6 Å². The third-order valence-electron chi connectivity index (χ3n) is 9.65. The van der Waals surface area contributed by atoms with Crippen LogP contribution in [0.2, 0.25) is 0 Å². The number of aliphatic carboxylic acids is 1. The van der Waals surface area contributed by atoms with E-state index in [0.29, 0.717) is 17.7 Å². The first kappa shape index (κ1) is 52.0. The average Bonchev–Trinajstić information content (AvgIpc) is 3.24. The molecular weight excluding hydrogens is 814 g/mol. The lowest BCUT2D eigenvalue weighted by molar-refractivity contribution is -0.145. The third kappa shape index (κ3) is 20.4. The van der Waals surface area contributed by atoms with Gasteiger partial charge in [0.1, 0.15) is 5.75 Å². The lowest BCUT2D eigenvalue weighted by Gasteiger charge is -2.26. The highest BCUT2D eigenvalue weighted by Crippen LogP contribution is 2.21. The molecule has 0 aliphatic carbocycles. The van der Waals surface area contributed by atoms with Crippen LogP contribution in [0.1, 0.15) is 75.8 Å². The van der Waals surface area contributed by atoms with Crippen LogP contribution in [0.25, 0.3) is 0 Å². The van der Waals surface area contributed by atoms with Crippen LogP contribution in [0.15, 0.2) is 54.6 Å². The fourth-order valence-electron chi connectivity index (χ4n) is 6.37. The zero-order valence-corrected chi connectivity index (χ0v) is 34.8. The second kappa shape index (κ2) is 28.4. The highest BCUT2D eigenvalue weighted by Gasteiger charge is 2.34. The SMILES string of the molecule is COCCOCCCC(=O)[C@@H](CCC(=O)NO)NC(=O)[C@H](CCC(=O)ON)CC(=O)[C@@H](Cc1ccccc1)NC(=O)[C@@H](CC(=O)[C@H](CC(=O)O)NC(C)=O)Cc1ccc(O)cc1. The van der Waals surface area contributed by atoms with Crippen molar-refractivity contribution in [2.45, 2.75) is 95.7 Å². The van der Waals surface area contributed by atoms with E-state index in [1.807, 2.05) is 0 Å². The van der Waals surface area contributed by atoms with Gasteiger partial charge in [-0.2, -0.15) is 5.90 Å². The highest BCUT2D eigenvalue weighted by molar-refractivity contribution is 5.97. The molecular formula is C42H57N5O15. The zero-order chi connectivity index (χ0) is 46.0. The summed E-state index contributed by atoms with van der Waals surface area (Å²) in [6, 6.07) is 10.2. The standard InChI is InChI=1S/C42H57N5O15/c1-26(48)44-34(25-39(54)55)37(52)24-30(21-28-10-13-31(49)14-11-28)42(58)46-33(22-27-7-4-3-5-8-27)36(51)23-29(12-17-40(56)62-43)41(57)45-32(15-16-38(53)47-59)35(50)9-6-18-61-20-19-60-2/h3-5,7-8,10-11,13-14,29-30,32-34,49,59H,6,9,12,15-25,43H2,1-2H3,(H,44,48)(H,45,57)(H,46,58)(H,47,53)(H,54,55)/t29-,30-,32-,33-,34+/m1/s1. The van der Waals surface area contributed by atoms with Crippen molar-refractivity contribution < 1.29 is 72.9 Å². The van der Waals surface area contributed by atoms with E-state index < -0.39 is 109 Å². The van der Waals surface area contributed by atoms with E-state index in [9.17, 15) is 53.4 Å². The molecule has 0 aliphatic rings. The number of benzene rings is 2. The van der Waals surface area contributed by atoms with Gasteiger partial charge < -0.3 is 40.5 Å². The molecule has 5 atom stereocenters. The molecule has 4 amide bonds. The molecule has 0 fully saturated rings. The van der Waals surface area contributed by atoms with Crippen molar-refractivity contribution in [2.75, 3.05) is 26.9 Å². The van der Waals surface area contributed by atoms with Crippen molar-refractivity contribution in [1.29, 1.82) is 0 Å². The first-order valence-corrected chi connectivity index (χ1v) is 19.9. The average molecular weight is 872 g/mol. The summed E-state index contributed by atoms with van der Waals surface area (Å²) in [6.07, 6.45) is -3.22. The number of nitrogens with two attached hydrogens (primary N) is 1. The first-order valence-electron chi connectivity index (χ1n) is 19.9. The number of carboxylic acids is 1. The predicted molar refractivity (Wildman–Crippen MR) is 218 cm³/mol. The molecule has 0 unspecified atom stereocenters. The van der Waals surface area contributed by atoms with Crippen LogP contribution in [0, 0.1) is 11.8 Å². The number of aromatic hydroxyl groups is 1. The molecule has 0 spiro atoms. The van der Waals surface area contributed by atoms with E-state index >= 15 is 0 Å². The van der Waals surface area contributed by atoms with Gasteiger partial charge >= 0.3 is 11.9 Å². The Hall–Kier alpha value is -6.09. The number of phenolic OH excluding ortho intramolecular Hbond substituents is 1. The molecule has 0 aromatic heterocycles. The van der Waals surface area contributed by atoms with Gasteiger partial charge in [-0.1, -0.05) is 42.5 Å². The monoisotopic (exact) mass is 871 g/mol. The van der Waals surface area contributed by atoms with Crippen LogP contribution in [0.5, 0.6) is 5.75 Å². The van der Waals surface area contributed by atoms with Crippen LogP contribution >= 0.6 is 0 Å². The maximum atomic E-state index is 14.3. The summed E-state index contributed by atoms with van der Waals surface area (Å²) in [6.45, 7) is 1.93. The Morgan fingerprint density at radius 3 is 1.89 bits per heavy atom. The van der Waals surface area contributed by atoms with Crippen molar-refractivity contribution in [3.63, 3.8) is 0 Å². The van der Waals surface area contributed by atoms with Crippen LogP contribution in [0.3, 0.4) is 0 Å². The molecule has 0 bridgehead atoms. The Kier molecular flexibility index (Phi) is 23.9. The second-order valence-electron chi connectivity index (χ2n) is 14.5. The molecule has 0 saturated heterocycles. The number of hydroxylamine groups is 1. The smallest absolute Gasteiger partial charge is 0.324 e. The van der Waals surface area contributed by atoms with Crippen molar-refractivity contribution >= 4 is 52.9 Å². The van der Waals surface area contributed by atoms with Gasteiger partial charge in [0.15, 0.2) is 17.3 Å². The molecule has 0 heterocycles. The second-order valence-corrected chi connectivity index (χ2v) is 14.5. The number of hydrogen-bond acceptors (Lipinski definition) is 15. The van der Waals surface area contributed by atoms with Gasteiger partial charge in [-0.25, -0.2) is 5.48 Å². The number of carbonyl (C=O) groups is 9. The maximum absolute atomic E-state index is 14.3. The Bertz CT molecular complexity index is 1790. The third-order valence-corrected chi connectivity index (χ3v) is 9.65. The largest absolute Gasteiger partial charge is 0.508 e. The quantitative estimate of drug-likeness (QED) is 0.0295. The van der Waals surface area contributed by atoms with Crippen LogP contribution < -0.4 is 27.3 Å². The van der Waals surface area contributed by atoms with Crippen LogP contribution in [0.4, 0.5) is 0 Å². The van der Waals surface area contributed by atoms with Gasteiger partial charge in [-0.15, -0.1) is 0 Å². The number of rotatable bonds is 31. The minimum absolute atomic E-state index is 0.0668. The fourth-order valence-corrected chi connectivity index (χ4v) is 6.37.